The van der Waals surface area contributed by atoms with Gasteiger partial charge in [0.2, 0.25) is 5.43 Å². The van der Waals surface area contributed by atoms with Gasteiger partial charge in [0.15, 0.2) is 0 Å². The van der Waals surface area contributed by atoms with Crippen molar-refractivity contribution < 1.29 is 0 Å². The average Bonchev–Trinajstić information content (AvgIpc) is 2.56. The van der Waals surface area contributed by atoms with Crippen molar-refractivity contribution in [2.45, 2.75) is 13.0 Å². The zero-order valence-electron chi connectivity index (χ0n) is 9.76. The summed E-state index contributed by atoms with van der Waals surface area (Å²) in [5.74, 6) is 0. The van der Waals surface area contributed by atoms with Gasteiger partial charge in [-0.2, -0.15) is 0 Å². The van der Waals surface area contributed by atoms with Crippen LogP contribution in [0, 0.1) is 0 Å². The Bertz CT molecular complexity index is 537. The molecule has 0 unspecified atom stereocenters. The molecular weight excluding hydrogens is 210 g/mol. The highest BCUT2D eigenvalue weighted by Crippen LogP contribution is 2.15. The number of hydrogen-bond acceptors (Lipinski definition) is 2. The molecule has 2 aromatic rings. The molecule has 0 heterocycles. The van der Waals surface area contributed by atoms with Crippen LogP contribution in [0.1, 0.15) is 18.5 Å². The van der Waals surface area contributed by atoms with Gasteiger partial charge in [0, 0.05) is 6.04 Å². The lowest BCUT2D eigenvalue weighted by atomic mass is 10.1. The molecule has 0 spiro atoms. The van der Waals surface area contributed by atoms with Gasteiger partial charge in [-0.3, -0.25) is 4.79 Å². The van der Waals surface area contributed by atoms with Gasteiger partial charge in [-0.1, -0.05) is 48.5 Å². The summed E-state index contributed by atoms with van der Waals surface area (Å²) in [6.07, 6.45) is 0. The quantitative estimate of drug-likeness (QED) is 0.869. The lowest BCUT2D eigenvalue weighted by Crippen LogP contribution is -2.12. The summed E-state index contributed by atoms with van der Waals surface area (Å²) >= 11 is 0. The van der Waals surface area contributed by atoms with Crippen LogP contribution >= 0.6 is 0 Å². The summed E-state index contributed by atoms with van der Waals surface area (Å²) in [5, 5.41) is 3.23. The second kappa shape index (κ2) is 5.30. The highest BCUT2D eigenvalue weighted by Gasteiger charge is 2.05. The van der Waals surface area contributed by atoms with Crippen LogP contribution in [-0.4, -0.2) is 0 Å². The molecule has 1 atom stereocenters. The van der Waals surface area contributed by atoms with E-state index in [9.17, 15) is 4.79 Å². The molecule has 0 saturated carbocycles. The first-order valence-corrected chi connectivity index (χ1v) is 5.68. The minimum atomic E-state index is 0.0118. The Kier molecular flexibility index (Phi) is 3.55. The fourth-order valence-corrected chi connectivity index (χ4v) is 1.71. The Morgan fingerprint density at radius 3 is 2.18 bits per heavy atom. The van der Waals surface area contributed by atoms with Crippen molar-refractivity contribution in [2.24, 2.45) is 0 Å². The number of benzene rings is 1. The Balaban J connectivity index is 2.23. The second-order valence-corrected chi connectivity index (χ2v) is 3.97. The van der Waals surface area contributed by atoms with Gasteiger partial charge in [0.05, 0.1) is 5.69 Å². The SMILES string of the molecule is C[C@@H](Nc1cccccc1=O)c1ccccc1. The van der Waals surface area contributed by atoms with Crippen LogP contribution in [0.15, 0.2) is 65.5 Å². The van der Waals surface area contributed by atoms with E-state index < -0.39 is 0 Å². The van der Waals surface area contributed by atoms with E-state index in [1.807, 2.05) is 55.5 Å². The van der Waals surface area contributed by atoms with Crippen molar-refractivity contribution in [1.82, 2.24) is 0 Å². The molecule has 0 bridgehead atoms. The molecule has 2 nitrogen and oxygen atoms in total. The Morgan fingerprint density at radius 1 is 0.882 bits per heavy atom. The minimum Gasteiger partial charge on any atom is -0.375 e. The third kappa shape index (κ3) is 2.94. The fraction of sp³-hybridized carbons (Fsp3) is 0.133. The van der Waals surface area contributed by atoms with Crippen LogP contribution < -0.4 is 10.7 Å². The zero-order chi connectivity index (χ0) is 12.1. The van der Waals surface area contributed by atoms with E-state index in [0.29, 0.717) is 5.69 Å². The molecule has 0 amide bonds. The first-order chi connectivity index (χ1) is 8.27. The molecule has 1 N–H and O–H groups in total. The lowest BCUT2D eigenvalue weighted by molar-refractivity contribution is 0.883. The third-order valence-electron chi connectivity index (χ3n) is 2.67. The molecule has 2 rings (SSSR count). The van der Waals surface area contributed by atoms with E-state index in [-0.39, 0.29) is 11.5 Å². The fourth-order valence-electron chi connectivity index (χ4n) is 1.71. The maximum absolute atomic E-state index is 11.7. The molecule has 2 heteroatoms. The first kappa shape index (κ1) is 11.4. The molecule has 17 heavy (non-hydrogen) atoms. The van der Waals surface area contributed by atoms with E-state index in [1.165, 1.54) is 5.56 Å². The van der Waals surface area contributed by atoms with Crippen molar-refractivity contribution in [3.8, 4) is 0 Å². The Hall–Kier alpha value is -2.09. The molecule has 2 aromatic carbocycles. The Labute approximate surface area is 101 Å². The standard InChI is InChI=1S/C15H15NO/c1-12(13-8-4-2-5-9-13)16-14-10-6-3-7-11-15(14)17/h2-12H,1H3,(H,16,17)/t12-/m1/s1. The smallest absolute Gasteiger partial charge is 0.201 e. The van der Waals surface area contributed by atoms with Crippen molar-refractivity contribution in [3.63, 3.8) is 0 Å². The predicted molar refractivity (Wildman–Crippen MR) is 71.2 cm³/mol. The molecule has 0 aromatic heterocycles. The minimum absolute atomic E-state index is 0.0118. The summed E-state index contributed by atoms with van der Waals surface area (Å²) in [4.78, 5) is 11.7. The lowest BCUT2D eigenvalue weighted by Gasteiger charge is -2.14. The predicted octanol–water partition coefficient (Wildman–Crippen LogP) is 3.22. The molecule has 0 aliphatic carbocycles. The van der Waals surface area contributed by atoms with Gasteiger partial charge in [0.25, 0.3) is 0 Å². The summed E-state index contributed by atoms with van der Waals surface area (Å²) in [6, 6.07) is 19.0. The van der Waals surface area contributed by atoms with Crippen LogP contribution in [0.4, 0.5) is 5.69 Å². The molecule has 0 radical (unpaired) electrons. The van der Waals surface area contributed by atoms with Gasteiger partial charge in [-0.25, -0.2) is 0 Å². The second-order valence-electron chi connectivity index (χ2n) is 3.97. The molecule has 0 saturated heterocycles. The van der Waals surface area contributed by atoms with E-state index in [4.69, 9.17) is 0 Å². The van der Waals surface area contributed by atoms with E-state index in [2.05, 4.69) is 5.32 Å². The Morgan fingerprint density at radius 2 is 1.47 bits per heavy atom. The van der Waals surface area contributed by atoms with Gasteiger partial charge < -0.3 is 5.32 Å². The average molecular weight is 225 g/mol. The summed E-state index contributed by atoms with van der Waals surface area (Å²) in [5.41, 5.74) is 1.81. The largest absolute Gasteiger partial charge is 0.375 e. The van der Waals surface area contributed by atoms with Crippen molar-refractivity contribution >= 4 is 5.69 Å². The molecule has 0 aliphatic rings. The maximum Gasteiger partial charge on any atom is 0.201 e. The molecule has 86 valence electrons. The van der Waals surface area contributed by atoms with Crippen LogP contribution in [0.5, 0.6) is 0 Å². The zero-order valence-corrected chi connectivity index (χ0v) is 9.76. The first-order valence-electron chi connectivity index (χ1n) is 5.68. The van der Waals surface area contributed by atoms with Crippen molar-refractivity contribution in [1.29, 1.82) is 0 Å². The molecular formula is C15H15NO. The number of hydrogen-bond donors (Lipinski definition) is 1. The van der Waals surface area contributed by atoms with Crippen LogP contribution in [0.2, 0.25) is 0 Å². The summed E-state index contributed by atoms with van der Waals surface area (Å²) in [7, 11) is 0. The highest BCUT2D eigenvalue weighted by atomic mass is 16.1. The maximum atomic E-state index is 11.7. The van der Waals surface area contributed by atoms with Crippen LogP contribution in [0.25, 0.3) is 0 Å². The van der Waals surface area contributed by atoms with E-state index >= 15 is 0 Å². The van der Waals surface area contributed by atoms with Crippen molar-refractivity contribution in [3.05, 3.63) is 76.5 Å². The van der Waals surface area contributed by atoms with Gasteiger partial charge in [0.1, 0.15) is 0 Å². The monoisotopic (exact) mass is 225 g/mol. The van der Waals surface area contributed by atoms with Gasteiger partial charge >= 0.3 is 0 Å². The topological polar surface area (TPSA) is 29.1 Å². The summed E-state index contributed by atoms with van der Waals surface area (Å²) in [6.45, 7) is 2.04. The van der Waals surface area contributed by atoms with E-state index in [0.717, 1.165) is 0 Å². The molecule has 0 fully saturated rings. The number of anilines is 1. The van der Waals surface area contributed by atoms with E-state index in [1.54, 1.807) is 12.1 Å². The summed E-state index contributed by atoms with van der Waals surface area (Å²) < 4.78 is 0. The van der Waals surface area contributed by atoms with Crippen LogP contribution in [0.3, 0.4) is 0 Å². The van der Waals surface area contributed by atoms with Gasteiger partial charge in [-0.05, 0) is 24.6 Å². The third-order valence-corrected chi connectivity index (χ3v) is 2.67. The van der Waals surface area contributed by atoms with Crippen LogP contribution in [-0.2, 0) is 0 Å². The number of nitrogens with one attached hydrogen (secondary N) is 1. The number of rotatable bonds is 3. The highest BCUT2D eigenvalue weighted by molar-refractivity contribution is 5.44. The normalized spacial score (nSPS) is 11.8. The van der Waals surface area contributed by atoms with Crippen molar-refractivity contribution in [2.75, 3.05) is 5.32 Å². The molecule has 0 aliphatic heterocycles. The van der Waals surface area contributed by atoms with Gasteiger partial charge in [-0.15, -0.1) is 0 Å².